The summed E-state index contributed by atoms with van der Waals surface area (Å²) in [6.07, 6.45) is 3.46. The topological polar surface area (TPSA) is 85.6 Å². The molecular weight excluding hydrogens is 368 g/mol. The molecule has 1 aromatic heterocycles. The minimum atomic E-state index is 0.540. The summed E-state index contributed by atoms with van der Waals surface area (Å²) in [4.78, 5) is 4.76. The summed E-state index contributed by atoms with van der Waals surface area (Å²) in [6.45, 7) is 5.31. The monoisotopic (exact) mass is 400 g/mol. The van der Waals surface area contributed by atoms with E-state index in [9.17, 15) is 0 Å². The number of aromatic nitrogens is 3. The summed E-state index contributed by atoms with van der Waals surface area (Å²) in [6, 6.07) is 8.12. The Morgan fingerprint density at radius 3 is 2.79 bits per heavy atom. The van der Waals surface area contributed by atoms with Crippen molar-refractivity contribution in [2.75, 3.05) is 26.9 Å². The number of para-hydroxylation sites is 1. The molecule has 0 saturated heterocycles. The third-order valence-corrected chi connectivity index (χ3v) is 4.97. The number of aryl methyl sites for hydroxylation is 1. The van der Waals surface area contributed by atoms with Gasteiger partial charge in [-0.3, -0.25) is 0 Å². The fourth-order valence-electron chi connectivity index (χ4n) is 2.80. The van der Waals surface area contributed by atoms with Crippen molar-refractivity contribution < 1.29 is 9.47 Å². The molecule has 0 amide bonds. The summed E-state index contributed by atoms with van der Waals surface area (Å²) >= 11 is 0. The minimum Gasteiger partial charge on any atom is -0.493 e. The van der Waals surface area contributed by atoms with E-state index in [1.165, 1.54) is 12.8 Å². The van der Waals surface area contributed by atoms with Crippen LogP contribution >= 0.6 is 0 Å². The lowest BCUT2D eigenvalue weighted by Crippen LogP contribution is -2.38. The molecule has 0 atom stereocenters. The van der Waals surface area contributed by atoms with Crippen LogP contribution in [-0.4, -0.2) is 47.6 Å². The molecule has 1 aliphatic carbocycles. The first-order valence-electron chi connectivity index (χ1n) is 10.2. The molecule has 0 spiro atoms. The number of guanidine groups is 1. The van der Waals surface area contributed by atoms with Crippen LogP contribution in [0.1, 0.15) is 36.5 Å². The normalized spacial score (nSPS) is 14.1. The second-order valence-corrected chi connectivity index (χ2v) is 7.38. The van der Waals surface area contributed by atoms with E-state index in [0.717, 1.165) is 54.4 Å². The summed E-state index contributed by atoms with van der Waals surface area (Å²) in [7, 11) is 3.67. The third-order valence-electron chi connectivity index (χ3n) is 4.97. The van der Waals surface area contributed by atoms with Crippen LogP contribution in [0.3, 0.4) is 0 Å². The quantitative estimate of drug-likeness (QED) is 0.342. The van der Waals surface area contributed by atoms with Crippen molar-refractivity contribution in [3.63, 3.8) is 0 Å². The molecule has 1 heterocycles. The van der Waals surface area contributed by atoms with Gasteiger partial charge in [-0.05, 0) is 38.2 Å². The van der Waals surface area contributed by atoms with Crippen molar-refractivity contribution in [2.45, 2.75) is 39.3 Å². The standard InChI is InChI=1S/C21H32N6O2/c1-16-25-26-20(27(16)2)14-24-21(22-11-6-12-28-3)23-13-18-7-4-5-8-19(18)29-15-17-9-10-17/h4-5,7-8,17H,6,9-15H2,1-3H3,(H2,22,23,24). The molecule has 1 aliphatic rings. The highest BCUT2D eigenvalue weighted by Crippen LogP contribution is 2.30. The number of hydrogen-bond acceptors (Lipinski definition) is 5. The zero-order chi connectivity index (χ0) is 20.5. The molecule has 2 aromatic rings. The van der Waals surface area contributed by atoms with Gasteiger partial charge < -0.3 is 24.7 Å². The number of hydrogen-bond donors (Lipinski definition) is 2. The number of benzene rings is 1. The summed E-state index contributed by atoms with van der Waals surface area (Å²) < 4.78 is 13.1. The number of aliphatic imine (C=N–C) groups is 1. The Balaban J connectivity index is 1.62. The Kier molecular flexibility index (Phi) is 7.86. The van der Waals surface area contributed by atoms with Crippen LogP contribution in [-0.2, 0) is 24.9 Å². The molecule has 158 valence electrons. The Bertz CT molecular complexity index is 800. The van der Waals surface area contributed by atoms with Crippen molar-refractivity contribution >= 4 is 5.96 Å². The van der Waals surface area contributed by atoms with Crippen LogP contribution in [0.15, 0.2) is 29.3 Å². The van der Waals surface area contributed by atoms with E-state index in [2.05, 4.69) is 26.9 Å². The lowest BCUT2D eigenvalue weighted by molar-refractivity contribution is 0.195. The van der Waals surface area contributed by atoms with E-state index in [4.69, 9.17) is 14.5 Å². The van der Waals surface area contributed by atoms with Gasteiger partial charge in [0.2, 0.25) is 0 Å². The van der Waals surface area contributed by atoms with Gasteiger partial charge in [0.05, 0.1) is 19.7 Å². The average Bonchev–Trinajstić information content (AvgIpc) is 3.51. The van der Waals surface area contributed by atoms with Gasteiger partial charge in [0.25, 0.3) is 0 Å². The van der Waals surface area contributed by atoms with Crippen LogP contribution in [0.5, 0.6) is 5.75 Å². The zero-order valence-corrected chi connectivity index (χ0v) is 17.6. The van der Waals surface area contributed by atoms with Crippen molar-refractivity contribution in [1.82, 2.24) is 25.4 Å². The van der Waals surface area contributed by atoms with Gasteiger partial charge >= 0.3 is 0 Å². The number of methoxy groups -OCH3 is 1. The van der Waals surface area contributed by atoms with E-state index >= 15 is 0 Å². The molecule has 1 saturated carbocycles. The van der Waals surface area contributed by atoms with Crippen molar-refractivity contribution in [3.05, 3.63) is 41.5 Å². The van der Waals surface area contributed by atoms with Crippen LogP contribution in [0.25, 0.3) is 0 Å². The highest BCUT2D eigenvalue weighted by Gasteiger charge is 2.22. The van der Waals surface area contributed by atoms with Gasteiger partial charge in [-0.15, -0.1) is 10.2 Å². The molecule has 1 aromatic carbocycles. The van der Waals surface area contributed by atoms with E-state index in [0.29, 0.717) is 19.7 Å². The van der Waals surface area contributed by atoms with E-state index in [1.807, 2.05) is 36.7 Å². The SMILES string of the molecule is COCCCNC(=NCc1ccccc1OCC1CC1)NCc1nnc(C)n1C. The lowest BCUT2D eigenvalue weighted by Gasteiger charge is -2.14. The molecule has 0 unspecified atom stereocenters. The molecule has 0 bridgehead atoms. The van der Waals surface area contributed by atoms with Gasteiger partial charge in [-0.1, -0.05) is 18.2 Å². The summed E-state index contributed by atoms with van der Waals surface area (Å²) in [5, 5.41) is 15.0. The maximum Gasteiger partial charge on any atom is 0.191 e. The number of ether oxygens (including phenoxy) is 2. The summed E-state index contributed by atoms with van der Waals surface area (Å²) in [5.74, 6) is 4.13. The van der Waals surface area contributed by atoms with E-state index in [-0.39, 0.29) is 0 Å². The van der Waals surface area contributed by atoms with Crippen LogP contribution in [0, 0.1) is 12.8 Å². The molecule has 8 heteroatoms. The Morgan fingerprint density at radius 2 is 2.07 bits per heavy atom. The summed E-state index contributed by atoms with van der Waals surface area (Å²) in [5.41, 5.74) is 1.08. The zero-order valence-electron chi connectivity index (χ0n) is 17.6. The Labute approximate surface area is 172 Å². The highest BCUT2D eigenvalue weighted by molar-refractivity contribution is 5.79. The predicted octanol–water partition coefficient (Wildman–Crippen LogP) is 2.18. The maximum atomic E-state index is 6.01. The number of nitrogens with zero attached hydrogens (tertiary/aromatic N) is 4. The molecule has 29 heavy (non-hydrogen) atoms. The minimum absolute atomic E-state index is 0.540. The first kappa shape index (κ1) is 21.1. The Morgan fingerprint density at radius 1 is 1.24 bits per heavy atom. The van der Waals surface area contributed by atoms with Crippen LogP contribution in [0.4, 0.5) is 0 Å². The van der Waals surface area contributed by atoms with E-state index in [1.54, 1.807) is 7.11 Å². The lowest BCUT2D eigenvalue weighted by atomic mass is 10.2. The van der Waals surface area contributed by atoms with Gasteiger partial charge in [0.1, 0.15) is 11.6 Å². The largest absolute Gasteiger partial charge is 0.493 e. The molecular formula is C21H32N6O2. The second-order valence-electron chi connectivity index (χ2n) is 7.38. The van der Waals surface area contributed by atoms with Crippen LogP contribution < -0.4 is 15.4 Å². The van der Waals surface area contributed by atoms with Gasteiger partial charge in [0.15, 0.2) is 11.8 Å². The average molecular weight is 401 g/mol. The molecule has 8 nitrogen and oxygen atoms in total. The van der Waals surface area contributed by atoms with Gasteiger partial charge in [0, 0.05) is 32.9 Å². The fraction of sp³-hybridized carbons (Fsp3) is 0.571. The second kappa shape index (κ2) is 10.8. The van der Waals surface area contributed by atoms with Crippen LogP contribution in [0.2, 0.25) is 0 Å². The highest BCUT2D eigenvalue weighted by atomic mass is 16.5. The maximum absolute atomic E-state index is 6.01. The number of rotatable bonds is 11. The fourth-order valence-corrected chi connectivity index (χ4v) is 2.80. The Hall–Kier alpha value is -2.61. The van der Waals surface area contributed by atoms with Crippen molar-refractivity contribution in [2.24, 2.45) is 18.0 Å². The first-order chi connectivity index (χ1) is 14.2. The number of nitrogens with one attached hydrogen (secondary N) is 2. The third kappa shape index (κ3) is 6.74. The van der Waals surface area contributed by atoms with Crippen molar-refractivity contribution in [3.8, 4) is 5.75 Å². The molecule has 1 fully saturated rings. The van der Waals surface area contributed by atoms with E-state index < -0.39 is 0 Å². The van der Waals surface area contributed by atoms with Gasteiger partial charge in [-0.25, -0.2) is 4.99 Å². The predicted molar refractivity (Wildman–Crippen MR) is 113 cm³/mol. The smallest absolute Gasteiger partial charge is 0.191 e. The molecule has 0 aliphatic heterocycles. The molecule has 0 radical (unpaired) electrons. The molecule has 2 N–H and O–H groups in total. The first-order valence-corrected chi connectivity index (χ1v) is 10.2. The van der Waals surface area contributed by atoms with Crippen molar-refractivity contribution in [1.29, 1.82) is 0 Å². The van der Waals surface area contributed by atoms with Gasteiger partial charge in [-0.2, -0.15) is 0 Å². The molecule has 3 rings (SSSR count).